The number of nitrogens with zero attached hydrogens (tertiary/aromatic N) is 5. The Balaban J connectivity index is 1.44. The normalized spacial score (nSPS) is 23.4. The third kappa shape index (κ3) is 2.43. The number of hydrogen-bond donors (Lipinski definition) is 0. The molecule has 1 aliphatic carbocycles. The SMILES string of the molecule is Cc1ncc2c(n1)C1(CCCN(Cc3cccc4nonc34)C1)CC2. The van der Waals surface area contributed by atoms with Gasteiger partial charge in [0.05, 0.1) is 5.69 Å². The third-order valence-corrected chi connectivity index (χ3v) is 5.78. The van der Waals surface area contributed by atoms with Crippen LogP contribution in [0, 0.1) is 6.92 Å². The Labute approximate surface area is 146 Å². The highest BCUT2D eigenvalue weighted by atomic mass is 16.6. The summed E-state index contributed by atoms with van der Waals surface area (Å²) in [5.74, 6) is 0.885. The highest BCUT2D eigenvalue weighted by molar-refractivity contribution is 5.76. The molecule has 6 nitrogen and oxygen atoms in total. The lowest BCUT2D eigenvalue weighted by Crippen LogP contribution is -2.45. The van der Waals surface area contributed by atoms with Gasteiger partial charge in [-0.3, -0.25) is 4.90 Å². The Hall–Kier alpha value is -2.34. The van der Waals surface area contributed by atoms with Crippen LogP contribution < -0.4 is 0 Å². The quantitative estimate of drug-likeness (QED) is 0.717. The summed E-state index contributed by atoms with van der Waals surface area (Å²) in [6, 6.07) is 6.10. The van der Waals surface area contributed by atoms with Crippen molar-refractivity contribution in [1.29, 1.82) is 0 Å². The van der Waals surface area contributed by atoms with E-state index in [0.29, 0.717) is 0 Å². The van der Waals surface area contributed by atoms with Gasteiger partial charge in [-0.15, -0.1) is 0 Å². The van der Waals surface area contributed by atoms with Gasteiger partial charge in [0.1, 0.15) is 16.9 Å². The second-order valence-electron chi connectivity index (χ2n) is 7.43. The minimum absolute atomic E-state index is 0.192. The minimum Gasteiger partial charge on any atom is -0.298 e. The van der Waals surface area contributed by atoms with Crippen LogP contribution in [0.3, 0.4) is 0 Å². The summed E-state index contributed by atoms with van der Waals surface area (Å²) in [5, 5.41) is 8.05. The van der Waals surface area contributed by atoms with Gasteiger partial charge in [-0.25, -0.2) is 14.6 Å². The molecule has 1 unspecified atom stereocenters. The number of rotatable bonds is 2. The number of benzene rings is 1. The second-order valence-corrected chi connectivity index (χ2v) is 7.43. The summed E-state index contributed by atoms with van der Waals surface area (Å²) in [6.07, 6.45) is 6.75. The van der Waals surface area contributed by atoms with Crippen molar-refractivity contribution < 1.29 is 4.63 Å². The molecule has 0 N–H and O–H groups in total. The van der Waals surface area contributed by atoms with E-state index in [1.54, 1.807) is 0 Å². The predicted molar refractivity (Wildman–Crippen MR) is 93.1 cm³/mol. The van der Waals surface area contributed by atoms with Crippen LogP contribution in [0.5, 0.6) is 0 Å². The van der Waals surface area contributed by atoms with Crippen LogP contribution in [0.15, 0.2) is 29.0 Å². The Morgan fingerprint density at radius 1 is 1.24 bits per heavy atom. The van der Waals surface area contributed by atoms with Gasteiger partial charge in [-0.1, -0.05) is 12.1 Å². The Morgan fingerprint density at radius 2 is 2.20 bits per heavy atom. The first kappa shape index (κ1) is 15.0. The van der Waals surface area contributed by atoms with Crippen LogP contribution in [-0.4, -0.2) is 38.3 Å². The molecule has 1 fully saturated rings. The molecule has 1 aliphatic heterocycles. The van der Waals surface area contributed by atoms with Gasteiger partial charge < -0.3 is 0 Å². The first-order chi connectivity index (χ1) is 12.2. The van der Waals surface area contributed by atoms with E-state index in [9.17, 15) is 0 Å². The number of fused-ring (bicyclic) bond motifs is 3. The van der Waals surface area contributed by atoms with Crippen LogP contribution in [0.4, 0.5) is 0 Å². The third-order valence-electron chi connectivity index (χ3n) is 5.78. The summed E-state index contributed by atoms with van der Waals surface area (Å²) in [5.41, 5.74) is 5.73. The summed E-state index contributed by atoms with van der Waals surface area (Å²) in [4.78, 5) is 11.8. The van der Waals surface area contributed by atoms with E-state index in [0.717, 1.165) is 42.9 Å². The highest BCUT2D eigenvalue weighted by Gasteiger charge is 2.43. The van der Waals surface area contributed by atoms with Crippen molar-refractivity contribution in [1.82, 2.24) is 25.2 Å². The fraction of sp³-hybridized carbons (Fsp3) is 0.474. The Morgan fingerprint density at radius 3 is 3.16 bits per heavy atom. The maximum Gasteiger partial charge on any atom is 0.139 e. The largest absolute Gasteiger partial charge is 0.298 e. The van der Waals surface area contributed by atoms with Gasteiger partial charge in [0.15, 0.2) is 0 Å². The maximum atomic E-state index is 4.91. The molecule has 0 radical (unpaired) electrons. The number of likely N-dealkylation sites (tertiary alicyclic amines) is 1. The molecule has 1 aromatic carbocycles. The minimum atomic E-state index is 0.192. The summed E-state index contributed by atoms with van der Waals surface area (Å²) < 4.78 is 4.91. The van der Waals surface area contributed by atoms with Crippen molar-refractivity contribution in [3.8, 4) is 0 Å². The number of aryl methyl sites for hydroxylation is 2. The second kappa shape index (κ2) is 5.59. The van der Waals surface area contributed by atoms with Gasteiger partial charge in [-0.05, 0) is 66.7 Å². The van der Waals surface area contributed by atoms with Gasteiger partial charge in [0, 0.05) is 24.7 Å². The van der Waals surface area contributed by atoms with E-state index in [1.807, 2.05) is 25.3 Å². The molecule has 3 heterocycles. The first-order valence-corrected chi connectivity index (χ1v) is 8.99. The Kier molecular flexibility index (Phi) is 3.35. The maximum absolute atomic E-state index is 4.91. The molecule has 0 saturated carbocycles. The number of aromatic nitrogens is 4. The molecule has 3 aromatic rings. The van der Waals surface area contributed by atoms with Crippen LogP contribution in [-0.2, 0) is 18.4 Å². The molecule has 128 valence electrons. The topological polar surface area (TPSA) is 67.9 Å². The average Bonchev–Trinajstić information content (AvgIpc) is 3.22. The fourth-order valence-corrected chi connectivity index (χ4v) is 4.62. The molecule has 2 aliphatic rings. The summed E-state index contributed by atoms with van der Waals surface area (Å²) in [6.45, 7) is 5.04. The van der Waals surface area contributed by atoms with Crippen molar-refractivity contribution in [2.75, 3.05) is 13.1 Å². The first-order valence-electron chi connectivity index (χ1n) is 8.99. The molecular weight excluding hydrogens is 314 g/mol. The van der Waals surface area contributed by atoms with Crippen molar-refractivity contribution in [3.05, 3.63) is 47.0 Å². The highest BCUT2D eigenvalue weighted by Crippen LogP contribution is 2.44. The molecule has 1 atom stereocenters. The van der Waals surface area contributed by atoms with Crippen molar-refractivity contribution in [2.24, 2.45) is 0 Å². The van der Waals surface area contributed by atoms with E-state index < -0.39 is 0 Å². The van der Waals surface area contributed by atoms with E-state index in [2.05, 4.69) is 26.3 Å². The van der Waals surface area contributed by atoms with Gasteiger partial charge >= 0.3 is 0 Å². The lowest BCUT2D eigenvalue weighted by Gasteiger charge is -2.40. The van der Waals surface area contributed by atoms with Crippen LogP contribution in [0.25, 0.3) is 11.0 Å². The van der Waals surface area contributed by atoms with Crippen molar-refractivity contribution >= 4 is 11.0 Å². The van der Waals surface area contributed by atoms with Crippen molar-refractivity contribution in [3.63, 3.8) is 0 Å². The van der Waals surface area contributed by atoms with E-state index in [-0.39, 0.29) is 5.41 Å². The fourth-order valence-electron chi connectivity index (χ4n) is 4.62. The molecule has 2 aromatic heterocycles. The molecule has 6 heteroatoms. The summed E-state index contributed by atoms with van der Waals surface area (Å²) in [7, 11) is 0. The van der Waals surface area contributed by atoms with Crippen LogP contribution in [0.1, 0.15) is 41.9 Å². The molecule has 5 rings (SSSR count). The number of piperidine rings is 1. The standard InChI is InChI=1S/C19H21N5O/c1-13-20-10-14-6-8-19(18(14)21-13)7-3-9-24(12-19)11-15-4-2-5-16-17(15)23-25-22-16/h2,4-5,10H,3,6-9,11-12H2,1H3. The van der Waals surface area contributed by atoms with Crippen LogP contribution in [0.2, 0.25) is 0 Å². The lowest BCUT2D eigenvalue weighted by atomic mass is 9.77. The molecular formula is C19H21N5O. The molecule has 25 heavy (non-hydrogen) atoms. The smallest absolute Gasteiger partial charge is 0.139 e. The monoisotopic (exact) mass is 335 g/mol. The zero-order valence-electron chi connectivity index (χ0n) is 14.4. The molecule has 1 saturated heterocycles. The van der Waals surface area contributed by atoms with E-state index >= 15 is 0 Å². The van der Waals surface area contributed by atoms with Gasteiger partial charge in [0.25, 0.3) is 0 Å². The van der Waals surface area contributed by atoms with Gasteiger partial charge in [-0.2, -0.15) is 0 Å². The Bertz CT molecular complexity index is 932. The van der Waals surface area contributed by atoms with E-state index in [4.69, 9.17) is 9.61 Å². The zero-order chi connectivity index (χ0) is 16.9. The molecule has 0 bridgehead atoms. The average molecular weight is 335 g/mol. The predicted octanol–water partition coefficient (Wildman–Crippen LogP) is 2.80. The lowest BCUT2D eigenvalue weighted by molar-refractivity contribution is 0.137. The van der Waals surface area contributed by atoms with E-state index in [1.165, 1.54) is 36.1 Å². The number of hydrogen-bond acceptors (Lipinski definition) is 6. The zero-order valence-corrected chi connectivity index (χ0v) is 14.4. The summed E-state index contributed by atoms with van der Waals surface area (Å²) >= 11 is 0. The molecule has 0 amide bonds. The van der Waals surface area contributed by atoms with Gasteiger partial charge in [0.2, 0.25) is 0 Å². The van der Waals surface area contributed by atoms with Crippen LogP contribution >= 0.6 is 0 Å². The molecule has 1 spiro atoms. The van der Waals surface area contributed by atoms with Crippen molar-refractivity contribution in [2.45, 2.75) is 44.6 Å².